The summed E-state index contributed by atoms with van der Waals surface area (Å²) in [4.78, 5) is 15.9. The molecule has 134 valence electrons. The quantitative estimate of drug-likeness (QED) is 0.844. The number of amides is 1. The number of carbonyl (C=O) groups is 1. The van der Waals surface area contributed by atoms with Crippen LogP contribution in [0.3, 0.4) is 0 Å². The van der Waals surface area contributed by atoms with Gasteiger partial charge in [0.2, 0.25) is 0 Å². The number of anilines is 1. The lowest BCUT2D eigenvalue weighted by Gasteiger charge is -2.37. The first kappa shape index (κ1) is 17.5. The van der Waals surface area contributed by atoms with Gasteiger partial charge in [-0.15, -0.1) is 0 Å². The van der Waals surface area contributed by atoms with E-state index < -0.39 is 5.82 Å². The second-order valence-electron chi connectivity index (χ2n) is 6.83. The molecule has 0 unspecified atom stereocenters. The monoisotopic (exact) mass is 346 g/mol. The number of halogens is 1. The summed E-state index contributed by atoms with van der Waals surface area (Å²) < 4.78 is 20.2. The lowest BCUT2D eigenvalue weighted by atomic mass is 10.1. The Kier molecular flexibility index (Phi) is 5.09. The molecule has 2 saturated heterocycles. The summed E-state index contributed by atoms with van der Waals surface area (Å²) in [6, 6.07) is 4.52. The molecule has 6 nitrogen and oxygen atoms in total. The average Bonchev–Trinajstić information content (AvgIpc) is 3.01. The topological polar surface area (TPSA) is 68.6 Å². The van der Waals surface area contributed by atoms with Crippen LogP contribution in [-0.4, -0.2) is 55.2 Å². The van der Waals surface area contributed by atoms with Gasteiger partial charge in [0.15, 0.2) is 6.19 Å². The van der Waals surface area contributed by atoms with Crippen LogP contribution in [0.5, 0.6) is 0 Å². The predicted octanol–water partition coefficient (Wildman–Crippen LogP) is 1.72. The summed E-state index contributed by atoms with van der Waals surface area (Å²) in [5, 5.41) is 11.7. The van der Waals surface area contributed by atoms with E-state index in [1.165, 1.54) is 6.07 Å². The first-order valence-corrected chi connectivity index (χ1v) is 8.61. The van der Waals surface area contributed by atoms with Crippen LogP contribution in [0, 0.1) is 17.3 Å². The Labute approximate surface area is 147 Å². The van der Waals surface area contributed by atoms with Gasteiger partial charge in [-0.1, -0.05) is 0 Å². The Morgan fingerprint density at radius 3 is 2.64 bits per heavy atom. The molecule has 25 heavy (non-hydrogen) atoms. The van der Waals surface area contributed by atoms with Crippen LogP contribution >= 0.6 is 0 Å². The van der Waals surface area contributed by atoms with Gasteiger partial charge in [0.25, 0.3) is 5.91 Å². The van der Waals surface area contributed by atoms with E-state index >= 15 is 0 Å². The number of morpholine rings is 1. The minimum Gasteiger partial charge on any atom is -0.372 e. The van der Waals surface area contributed by atoms with E-state index in [0.29, 0.717) is 37.4 Å². The first-order chi connectivity index (χ1) is 12.0. The molecule has 0 saturated carbocycles. The Balaban J connectivity index is 1.67. The number of nitrogens with one attached hydrogen (secondary N) is 1. The fraction of sp³-hybridized carbons (Fsp3) is 0.556. The van der Waals surface area contributed by atoms with E-state index in [9.17, 15) is 9.18 Å². The standard InChI is InChI=1S/C18H23FN4O2/c1-12-8-23(9-13(2)25-12)17-4-3-14(7-16(17)19)18(24)21-15-5-6-22(10-15)11-20/h3-4,7,12-13,15H,5-6,8-10H2,1-2H3,(H,21,24)/t12-,13+,15-/m1/s1. The van der Waals surface area contributed by atoms with Crippen LogP contribution in [0.15, 0.2) is 18.2 Å². The van der Waals surface area contributed by atoms with Crippen molar-refractivity contribution in [2.45, 2.75) is 38.5 Å². The SMILES string of the molecule is C[C@@H]1CN(c2ccc(C(=O)N[C@@H]3CCN(C#N)C3)cc2F)C[C@H](C)O1. The van der Waals surface area contributed by atoms with Crippen molar-refractivity contribution in [2.75, 3.05) is 31.1 Å². The third-order valence-electron chi connectivity index (χ3n) is 4.64. The highest BCUT2D eigenvalue weighted by Crippen LogP contribution is 2.24. The smallest absolute Gasteiger partial charge is 0.251 e. The van der Waals surface area contributed by atoms with Gasteiger partial charge in [-0.25, -0.2) is 4.39 Å². The predicted molar refractivity (Wildman–Crippen MR) is 91.7 cm³/mol. The highest BCUT2D eigenvalue weighted by atomic mass is 19.1. The van der Waals surface area contributed by atoms with Crippen molar-refractivity contribution >= 4 is 11.6 Å². The Morgan fingerprint density at radius 1 is 1.32 bits per heavy atom. The minimum atomic E-state index is -0.404. The largest absolute Gasteiger partial charge is 0.372 e. The molecule has 0 bridgehead atoms. The Morgan fingerprint density at radius 2 is 2.04 bits per heavy atom. The van der Waals surface area contributed by atoms with Crippen molar-refractivity contribution in [3.63, 3.8) is 0 Å². The molecule has 3 atom stereocenters. The van der Waals surface area contributed by atoms with E-state index in [1.54, 1.807) is 17.0 Å². The number of likely N-dealkylation sites (tertiary alicyclic amines) is 1. The maximum absolute atomic E-state index is 14.6. The Hall–Kier alpha value is -2.33. The van der Waals surface area contributed by atoms with Gasteiger partial charge in [0, 0.05) is 37.8 Å². The van der Waals surface area contributed by atoms with Gasteiger partial charge in [0.1, 0.15) is 5.82 Å². The number of nitriles is 1. The first-order valence-electron chi connectivity index (χ1n) is 8.61. The Bertz CT molecular complexity index is 680. The highest BCUT2D eigenvalue weighted by Gasteiger charge is 2.26. The minimum absolute atomic E-state index is 0.0385. The molecule has 1 N–H and O–H groups in total. The molecule has 0 aromatic heterocycles. The van der Waals surface area contributed by atoms with Gasteiger partial charge >= 0.3 is 0 Å². The zero-order chi connectivity index (χ0) is 18.0. The number of rotatable bonds is 3. The summed E-state index contributed by atoms with van der Waals surface area (Å²) >= 11 is 0. The van der Waals surface area contributed by atoms with Crippen LogP contribution in [0.4, 0.5) is 10.1 Å². The van der Waals surface area contributed by atoms with E-state index in [-0.39, 0.29) is 24.2 Å². The molecule has 0 aliphatic carbocycles. The van der Waals surface area contributed by atoms with Crippen molar-refractivity contribution in [3.05, 3.63) is 29.6 Å². The molecule has 3 rings (SSSR count). The van der Waals surface area contributed by atoms with Crippen LogP contribution < -0.4 is 10.2 Å². The molecular weight excluding hydrogens is 323 g/mol. The molecule has 2 fully saturated rings. The van der Waals surface area contributed by atoms with Crippen molar-refractivity contribution in [3.8, 4) is 6.19 Å². The summed E-state index contributed by atoms with van der Waals surface area (Å²) in [6.07, 6.45) is 2.88. The molecule has 1 aromatic carbocycles. The van der Waals surface area contributed by atoms with Crippen LogP contribution in [0.2, 0.25) is 0 Å². The molecule has 0 radical (unpaired) electrons. The number of benzene rings is 1. The maximum atomic E-state index is 14.6. The van der Waals surface area contributed by atoms with Crippen LogP contribution in [0.25, 0.3) is 0 Å². The summed E-state index contributed by atoms with van der Waals surface area (Å²) in [6.45, 7) is 6.33. The molecular formula is C18H23FN4O2. The normalized spacial score (nSPS) is 26.4. The van der Waals surface area contributed by atoms with Gasteiger partial charge in [-0.3, -0.25) is 4.79 Å². The average molecular weight is 346 g/mol. The summed E-state index contributed by atoms with van der Waals surface area (Å²) in [5.41, 5.74) is 0.793. The maximum Gasteiger partial charge on any atom is 0.251 e. The summed E-state index contributed by atoms with van der Waals surface area (Å²) in [5.74, 6) is -0.710. The number of carbonyl (C=O) groups excluding carboxylic acids is 1. The molecule has 2 heterocycles. The third kappa shape index (κ3) is 4.02. The molecule has 7 heteroatoms. The number of ether oxygens (including phenoxy) is 1. The van der Waals surface area contributed by atoms with Crippen LogP contribution in [-0.2, 0) is 4.74 Å². The van der Waals surface area contributed by atoms with Crippen molar-refractivity contribution in [1.29, 1.82) is 5.26 Å². The highest BCUT2D eigenvalue weighted by molar-refractivity contribution is 5.94. The lowest BCUT2D eigenvalue weighted by Crippen LogP contribution is -2.45. The van der Waals surface area contributed by atoms with E-state index in [2.05, 4.69) is 11.5 Å². The molecule has 0 spiro atoms. The van der Waals surface area contributed by atoms with Gasteiger partial charge in [-0.2, -0.15) is 5.26 Å². The van der Waals surface area contributed by atoms with Crippen molar-refractivity contribution < 1.29 is 13.9 Å². The number of hydrogen-bond donors (Lipinski definition) is 1. The van der Waals surface area contributed by atoms with E-state index in [1.807, 2.05) is 18.7 Å². The fourth-order valence-electron chi connectivity index (χ4n) is 3.52. The zero-order valence-electron chi connectivity index (χ0n) is 14.5. The molecule has 1 amide bonds. The van der Waals surface area contributed by atoms with Crippen LogP contribution in [0.1, 0.15) is 30.6 Å². The van der Waals surface area contributed by atoms with Crippen molar-refractivity contribution in [2.24, 2.45) is 0 Å². The zero-order valence-corrected chi connectivity index (χ0v) is 14.5. The lowest BCUT2D eigenvalue weighted by molar-refractivity contribution is -0.00539. The second kappa shape index (κ2) is 7.28. The number of hydrogen-bond acceptors (Lipinski definition) is 5. The second-order valence-corrected chi connectivity index (χ2v) is 6.83. The molecule has 2 aliphatic rings. The molecule has 2 aliphatic heterocycles. The van der Waals surface area contributed by atoms with E-state index in [4.69, 9.17) is 10.00 Å². The van der Waals surface area contributed by atoms with Gasteiger partial charge < -0.3 is 19.9 Å². The third-order valence-corrected chi connectivity index (χ3v) is 4.64. The summed E-state index contributed by atoms with van der Waals surface area (Å²) in [7, 11) is 0. The van der Waals surface area contributed by atoms with Gasteiger partial charge in [0.05, 0.1) is 17.9 Å². The fourth-order valence-corrected chi connectivity index (χ4v) is 3.52. The number of nitrogens with zero attached hydrogens (tertiary/aromatic N) is 3. The van der Waals surface area contributed by atoms with Crippen molar-refractivity contribution in [1.82, 2.24) is 10.2 Å². The van der Waals surface area contributed by atoms with Gasteiger partial charge in [-0.05, 0) is 38.5 Å². The van der Waals surface area contributed by atoms with E-state index in [0.717, 1.165) is 6.42 Å². The molecule has 1 aromatic rings.